The quantitative estimate of drug-likeness (QED) is 0.880. The first-order valence-corrected chi connectivity index (χ1v) is 6.70. The van der Waals surface area contributed by atoms with Crippen molar-refractivity contribution >= 4 is 16.5 Å². The van der Waals surface area contributed by atoms with Crippen LogP contribution >= 0.6 is 11.3 Å². The van der Waals surface area contributed by atoms with E-state index in [1.54, 1.807) is 11.3 Å². The zero-order valence-electron chi connectivity index (χ0n) is 9.27. The maximum atomic E-state index is 5.73. The van der Waals surface area contributed by atoms with Crippen LogP contribution in [0.3, 0.4) is 0 Å². The summed E-state index contributed by atoms with van der Waals surface area (Å²) in [4.78, 5) is 5.93. The second-order valence-corrected chi connectivity index (χ2v) is 5.58. The fourth-order valence-electron chi connectivity index (χ4n) is 2.06. The van der Waals surface area contributed by atoms with E-state index in [1.807, 2.05) is 18.2 Å². The Kier molecular flexibility index (Phi) is 1.93. The van der Waals surface area contributed by atoms with Gasteiger partial charge in [0.05, 0.1) is 10.6 Å². The minimum Gasteiger partial charge on any atom is -0.487 e. The summed E-state index contributed by atoms with van der Waals surface area (Å²) in [6.45, 7) is 0.649. The number of hydrogen-bond acceptors (Lipinski definition) is 4. The van der Waals surface area contributed by atoms with Gasteiger partial charge in [0.15, 0.2) is 5.13 Å². The van der Waals surface area contributed by atoms with Crippen LogP contribution in [-0.4, -0.2) is 11.0 Å². The predicted octanol–water partition coefficient (Wildman–Crippen LogP) is 3.28. The number of rotatable bonds is 2. The third-order valence-corrected chi connectivity index (χ3v) is 4.06. The topological polar surface area (TPSA) is 34.1 Å². The van der Waals surface area contributed by atoms with E-state index in [-0.39, 0.29) is 0 Å². The van der Waals surface area contributed by atoms with Crippen LogP contribution in [0.5, 0.6) is 5.75 Å². The molecule has 2 heterocycles. The van der Waals surface area contributed by atoms with Crippen LogP contribution in [0.4, 0.5) is 5.13 Å². The number of ether oxygens (including phenoxy) is 1. The lowest BCUT2D eigenvalue weighted by Crippen LogP contribution is -2.02. The van der Waals surface area contributed by atoms with Crippen LogP contribution in [-0.2, 0) is 6.61 Å². The summed E-state index contributed by atoms with van der Waals surface area (Å²) < 4.78 is 5.73. The Balaban J connectivity index is 1.77. The fourth-order valence-corrected chi connectivity index (χ4v) is 3.02. The first-order valence-electron chi connectivity index (χ1n) is 5.88. The van der Waals surface area contributed by atoms with Crippen molar-refractivity contribution in [3.63, 3.8) is 0 Å². The average Bonchev–Trinajstić information content (AvgIpc) is 3.06. The van der Waals surface area contributed by atoms with E-state index in [9.17, 15) is 0 Å². The molecule has 1 aliphatic carbocycles. The number of para-hydroxylation sites is 1. The molecular formula is C13H12N2OS. The second kappa shape index (κ2) is 3.47. The smallest absolute Gasteiger partial charge is 0.183 e. The second-order valence-electron chi connectivity index (χ2n) is 4.49. The van der Waals surface area contributed by atoms with E-state index in [0.29, 0.717) is 12.6 Å². The van der Waals surface area contributed by atoms with Gasteiger partial charge in [0.2, 0.25) is 0 Å². The summed E-state index contributed by atoms with van der Waals surface area (Å²) in [6.07, 6.45) is 2.55. The maximum Gasteiger partial charge on any atom is 0.183 e. The lowest BCUT2D eigenvalue weighted by atomic mass is 10.1. The summed E-state index contributed by atoms with van der Waals surface area (Å²) in [5.74, 6) is 0.947. The standard InChI is InChI=1S/C13H12N2OS/c1-2-4-10-9(3-1)12-11(7-16-10)17-13(15-12)14-8-5-6-8/h1-4,8H,5-7H2,(H,14,15). The van der Waals surface area contributed by atoms with Crippen LogP contribution in [0.1, 0.15) is 17.7 Å². The Labute approximate surface area is 103 Å². The molecule has 0 amide bonds. The van der Waals surface area contributed by atoms with Crippen LogP contribution in [0.25, 0.3) is 11.3 Å². The summed E-state index contributed by atoms with van der Waals surface area (Å²) in [6, 6.07) is 8.77. The van der Waals surface area contributed by atoms with Gasteiger partial charge in [-0.15, -0.1) is 0 Å². The molecule has 0 radical (unpaired) electrons. The van der Waals surface area contributed by atoms with Crippen molar-refractivity contribution in [3.05, 3.63) is 29.1 Å². The minimum absolute atomic E-state index is 0.649. The Morgan fingerprint density at radius 1 is 1.29 bits per heavy atom. The zero-order chi connectivity index (χ0) is 11.2. The molecule has 1 N–H and O–H groups in total. The van der Waals surface area contributed by atoms with Crippen molar-refractivity contribution in [1.82, 2.24) is 4.98 Å². The predicted molar refractivity (Wildman–Crippen MR) is 68.5 cm³/mol. The van der Waals surface area contributed by atoms with Gasteiger partial charge < -0.3 is 10.1 Å². The maximum absolute atomic E-state index is 5.73. The number of benzene rings is 1. The number of fused-ring (bicyclic) bond motifs is 3. The number of nitrogens with zero attached hydrogens (tertiary/aromatic N) is 1. The zero-order valence-corrected chi connectivity index (χ0v) is 10.1. The normalized spacial score (nSPS) is 16.9. The number of anilines is 1. The molecular weight excluding hydrogens is 232 g/mol. The molecule has 2 aromatic rings. The molecule has 0 bridgehead atoms. The third kappa shape index (κ3) is 1.60. The van der Waals surface area contributed by atoms with E-state index in [2.05, 4.69) is 11.4 Å². The monoisotopic (exact) mass is 244 g/mol. The summed E-state index contributed by atoms with van der Waals surface area (Å²) in [5, 5.41) is 4.50. The Hall–Kier alpha value is -1.55. The van der Waals surface area contributed by atoms with Crippen LogP contribution in [0, 0.1) is 0 Å². The van der Waals surface area contributed by atoms with Gasteiger partial charge in [-0.2, -0.15) is 0 Å². The first kappa shape index (κ1) is 9.48. The molecule has 4 heteroatoms. The van der Waals surface area contributed by atoms with Gasteiger partial charge >= 0.3 is 0 Å². The summed E-state index contributed by atoms with van der Waals surface area (Å²) in [7, 11) is 0. The fraction of sp³-hybridized carbons (Fsp3) is 0.308. The SMILES string of the molecule is c1ccc2c(c1)OCc1sc(NC3CC3)nc1-2. The number of aromatic nitrogens is 1. The first-order chi connectivity index (χ1) is 8.40. The van der Waals surface area contributed by atoms with E-state index in [1.165, 1.54) is 17.7 Å². The molecule has 2 aliphatic rings. The highest BCUT2D eigenvalue weighted by molar-refractivity contribution is 7.16. The lowest BCUT2D eigenvalue weighted by molar-refractivity contribution is 0.305. The van der Waals surface area contributed by atoms with Gasteiger partial charge in [0.25, 0.3) is 0 Å². The van der Waals surface area contributed by atoms with E-state index >= 15 is 0 Å². The highest BCUT2D eigenvalue weighted by Crippen LogP contribution is 2.41. The van der Waals surface area contributed by atoms with Crippen molar-refractivity contribution in [3.8, 4) is 17.0 Å². The van der Waals surface area contributed by atoms with E-state index in [4.69, 9.17) is 9.72 Å². The van der Waals surface area contributed by atoms with Crippen LogP contribution < -0.4 is 10.1 Å². The van der Waals surface area contributed by atoms with Crippen LogP contribution in [0.2, 0.25) is 0 Å². The molecule has 86 valence electrons. The lowest BCUT2D eigenvalue weighted by Gasteiger charge is -2.15. The van der Waals surface area contributed by atoms with Gasteiger partial charge in [-0.1, -0.05) is 23.5 Å². The molecule has 1 fully saturated rings. The van der Waals surface area contributed by atoms with Crippen molar-refractivity contribution in [2.45, 2.75) is 25.5 Å². The minimum atomic E-state index is 0.649. The van der Waals surface area contributed by atoms with Gasteiger partial charge in [-0.25, -0.2) is 4.98 Å². The molecule has 0 saturated heterocycles. The molecule has 4 rings (SSSR count). The Bertz CT molecular complexity index is 575. The van der Waals surface area contributed by atoms with Crippen molar-refractivity contribution in [2.24, 2.45) is 0 Å². The average molecular weight is 244 g/mol. The Morgan fingerprint density at radius 2 is 2.18 bits per heavy atom. The van der Waals surface area contributed by atoms with E-state index in [0.717, 1.165) is 22.1 Å². The highest BCUT2D eigenvalue weighted by Gasteiger charge is 2.25. The van der Waals surface area contributed by atoms with E-state index < -0.39 is 0 Å². The molecule has 0 spiro atoms. The number of hydrogen-bond donors (Lipinski definition) is 1. The Morgan fingerprint density at radius 3 is 3.06 bits per heavy atom. The van der Waals surface area contributed by atoms with Crippen LogP contribution in [0.15, 0.2) is 24.3 Å². The largest absolute Gasteiger partial charge is 0.487 e. The molecule has 1 saturated carbocycles. The van der Waals surface area contributed by atoms with Gasteiger partial charge in [0, 0.05) is 11.6 Å². The molecule has 1 aromatic heterocycles. The van der Waals surface area contributed by atoms with Gasteiger partial charge in [-0.3, -0.25) is 0 Å². The molecule has 3 nitrogen and oxygen atoms in total. The summed E-state index contributed by atoms with van der Waals surface area (Å²) >= 11 is 1.72. The molecule has 0 atom stereocenters. The van der Waals surface area contributed by atoms with Crippen molar-refractivity contribution in [2.75, 3.05) is 5.32 Å². The molecule has 1 aliphatic heterocycles. The van der Waals surface area contributed by atoms with Gasteiger partial charge in [-0.05, 0) is 25.0 Å². The summed E-state index contributed by atoms with van der Waals surface area (Å²) in [5.41, 5.74) is 2.22. The molecule has 17 heavy (non-hydrogen) atoms. The highest BCUT2D eigenvalue weighted by atomic mass is 32.1. The number of nitrogens with one attached hydrogen (secondary N) is 1. The third-order valence-electron chi connectivity index (χ3n) is 3.10. The van der Waals surface area contributed by atoms with Gasteiger partial charge in [0.1, 0.15) is 12.4 Å². The molecule has 0 unspecified atom stereocenters. The number of thiazole rings is 1. The molecule has 1 aromatic carbocycles. The van der Waals surface area contributed by atoms with Crippen molar-refractivity contribution in [1.29, 1.82) is 0 Å². The van der Waals surface area contributed by atoms with Crippen molar-refractivity contribution < 1.29 is 4.74 Å².